The van der Waals surface area contributed by atoms with Crippen molar-refractivity contribution in [3.63, 3.8) is 0 Å². The number of furan rings is 1. The molecule has 0 aliphatic heterocycles. The summed E-state index contributed by atoms with van der Waals surface area (Å²) in [6.45, 7) is 30.8. The third-order valence-corrected chi connectivity index (χ3v) is 14.6. The molecular weight excluding hydrogens is 741 g/mol. The fourth-order valence-electron chi connectivity index (χ4n) is 10.8. The second kappa shape index (κ2) is 14.1. The molecule has 2 unspecified atom stereocenters. The number of nitrogens with zero attached hydrogens (tertiary/aromatic N) is 2. The summed E-state index contributed by atoms with van der Waals surface area (Å²) in [5.74, 6) is 0.744. The Balaban J connectivity index is 1.33. The van der Waals surface area contributed by atoms with Gasteiger partial charge in [0.15, 0.2) is 0 Å². The van der Waals surface area contributed by atoms with Crippen molar-refractivity contribution >= 4 is 45.1 Å². The first-order valence-corrected chi connectivity index (χ1v) is 22.6. The summed E-state index contributed by atoms with van der Waals surface area (Å²) in [4.78, 5) is 5.05. The van der Waals surface area contributed by atoms with Gasteiger partial charge in [0.25, 0.3) is 0 Å². The van der Waals surface area contributed by atoms with Crippen molar-refractivity contribution in [3.8, 4) is 0 Å². The standard InChI is InChI=1S/C58H66N2O/c1-37-29-41(34-42(30-37)60(51-36-61-52-24-17-15-20-46(51)52)43-32-38(54(2,3)4)31-39(33-43)55(5,6)7)59(40-25-26-48-49(35-40)57(10,11)28-27-56(48,8)9)50-23-18-21-45-44-19-14-16-22-47(44)58(12,13)53(45)50/h14-26,29-36,44,47H,27-28H2,1-13H3. The maximum atomic E-state index is 6.36. The van der Waals surface area contributed by atoms with Crippen LogP contribution in [-0.2, 0) is 27.1 Å². The molecule has 314 valence electrons. The number of benzene rings is 5. The highest BCUT2D eigenvalue weighted by Crippen LogP contribution is 2.58. The predicted octanol–water partition coefficient (Wildman–Crippen LogP) is 16.7. The summed E-state index contributed by atoms with van der Waals surface area (Å²) in [7, 11) is 0. The lowest BCUT2D eigenvalue weighted by atomic mass is 9.63. The molecule has 61 heavy (non-hydrogen) atoms. The van der Waals surface area contributed by atoms with Crippen LogP contribution in [0.4, 0.5) is 34.1 Å². The number of rotatable bonds is 6. The van der Waals surface area contributed by atoms with E-state index in [2.05, 4.69) is 221 Å². The number of aryl methyl sites for hydroxylation is 1. The SMILES string of the molecule is Cc1cc(N(c2ccc3c(c2)C(C)(C)CCC3(C)C)c2cccc3c2C(C)(C)C2C=CC=CC32)cc(N(c2cc(C(C)(C)C)cc(C(C)(C)C)c2)c2coc3ccccc23)c1. The van der Waals surface area contributed by atoms with Gasteiger partial charge in [-0.25, -0.2) is 0 Å². The van der Waals surface area contributed by atoms with Gasteiger partial charge in [0.1, 0.15) is 11.8 Å². The molecule has 1 aromatic heterocycles. The lowest BCUT2D eigenvalue weighted by Crippen LogP contribution is -2.34. The van der Waals surface area contributed by atoms with E-state index in [0.29, 0.717) is 11.8 Å². The van der Waals surface area contributed by atoms with Gasteiger partial charge in [-0.3, -0.25) is 0 Å². The number of para-hydroxylation sites is 1. The number of hydrogen-bond acceptors (Lipinski definition) is 3. The van der Waals surface area contributed by atoms with Crippen LogP contribution >= 0.6 is 0 Å². The highest BCUT2D eigenvalue weighted by molar-refractivity contribution is 5.97. The molecule has 1 heterocycles. The van der Waals surface area contributed by atoms with Crippen LogP contribution in [0.3, 0.4) is 0 Å². The maximum absolute atomic E-state index is 6.36. The van der Waals surface area contributed by atoms with Gasteiger partial charge < -0.3 is 14.2 Å². The maximum Gasteiger partial charge on any atom is 0.136 e. The molecule has 5 aromatic carbocycles. The molecule has 0 amide bonds. The van der Waals surface area contributed by atoms with Crippen molar-refractivity contribution in [2.45, 2.75) is 136 Å². The van der Waals surface area contributed by atoms with Crippen molar-refractivity contribution in [2.24, 2.45) is 5.92 Å². The molecule has 0 radical (unpaired) electrons. The van der Waals surface area contributed by atoms with Crippen LogP contribution in [0.15, 0.2) is 132 Å². The average Bonchev–Trinajstić information content (AvgIpc) is 3.72. The molecule has 3 nitrogen and oxygen atoms in total. The summed E-state index contributed by atoms with van der Waals surface area (Å²) in [5, 5.41) is 1.09. The van der Waals surface area contributed by atoms with Crippen LogP contribution in [-0.4, -0.2) is 0 Å². The van der Waals surface area contributed by atoms with E-state index in [1.165, 1.54) is 63.2 Å². The quantitative estimate of drug-likeness (QED) is 0.167. The Bertz CT molecular complexity index is 2710. The van der Waals surface area contributed by atoms with Gasteiger partial charge in [-0.2, -0.15) is 0 Å². The van der Waals surface area contributed by atoms with Crippen molar-refractivity contribution in [1.82, 2.24) is 0 Å². The zero-order valence-corrected chi connectivity index (χ0v) is 39.0. The van der Waals surface area contributed by atoms with E-state index < -0.39 is 0 Å². The molecule has 0 spiro atoms. The highest BCUT2D eigenvalue weighted by Gasteiger charge is 2.47. The lowest BCUT2D eigenvalue weighted by Gasteiger charge is -2.43. The zero-order chi connectivity index (χ0) is 43.4. The fourth-order valence-corrected chi connectivity index (χ4v) is 10.8. The largest absolute Gasteiger partial charge is 0.462 e. The van der Waals surface area contributed by atoms with E-state index in [1.807, 2.05) is 6.26 Å². The highest BCUT2D eigenvalue weighted by atomic mass is 16.3. The van der Waals surface area contributed by atoms with Crippen LogP contribution in [0.1, 0.15) is 141 Å². The molecule has 2 atom stereocenters. The number of allylic oxidation sites excluding steroid dienone is 4. The smallest absolute Gasteiger partial charge is 0.136 e. The number of hydrogen-bond donors (Lipinski definition) is 0. The summed E-state index contributed by atoms with van der Waals surface area (Å²) in [6, 6.07) is 37.3. The molecule has 0 fully saturated rings. The van der Waals surface area contributed by atoms with Crippen molar-refractivity contribution < 1.29 is 4.42 Å². The van der Waals surface area contributed by atoms with Gasteiger partial charge in [0.05, 0.1) is 11.4 Å². The molecule has 0 saturated heterocycles. The minimum Gasteiger partial charge on any atom is -0.462 e. The third kappa shape index (κ3) is 6.97. The van der Waals surface area contributed by atoms with Crippen LogP contribution in [0, 0.1) is 12.8 Å². The Morgan fingerprint density at radius 1 is 0.574 bits per heavy atom. The zero-order valence-electron chi connectivity index (χ0n) is 39.0. The van der Waals surface area contributed by atoms with Gasteiger partial charge >= 0.3 is 0 Å². The Morgan fingerprint density at radius 2 is 1.18 bits per heavy atom. The first kappa shape index (κ1) is 41.1. The van der Waals surface area contributed by atoms with Crippen LogP contribution < -0.4 is 9.80 Å². The fraction of sp³-hybridized carbons (Fsp3) is 0.379. The molecule has 6 aromatic rings. The second-order valence-corrected chi connectivity index (χ2v) is 22.4. The molecule has 9 rings (SSSR count). The summed E-state index contributed by atoms with van der Waals surface area (Å²) >= 11 is 0. The normalized spacial score (nSPS) is 19.7. The third-order valence-electron chi connectivity index (χ3n) is 14.6. The summed E-state index contributed by atoms with van der Waals surface area (Å²) in [5.41, 5.74) is 17.4. The van der Waals surface area contributed by atoms with E-state index in [-0.39, 0.29) is 27.1 Å². The first-order chi connectivity index (χ1) is 28.6. The minimum atomic E-state index is -0.0866. The first-order valence-electron chi connectivity index (χ1n) is 22.6. The molecule has 3 aliphatic carbocycles. The van der Waals surface area contributed by atoms with Gasteiger partial charge in [-0.05, 0) is 152 Å². The van der Waals surface area contributed by atoms with E-state index in [1.54, 1.807) is 0 Å². The van der Waals surface area contributed by atoms with Gasteiger partial charge in [0, 0.05) is 34.1 Å². The molecule has 3 heteroatoms. The van der Waals surface area contributed by atoms with Crippen molar-refractivity contribution in [2.75, 3.05) is 9.80 Å². The van der Waals surface area contributed by atoms with E-state index in [9.17, 15) is 0 Å². The van der Waals surface area contributed by atoms with Crippen molar-refractivity contribution in [3.05, 3.63) is 167 Å². The predicted molar refractivity (Wildman–Crippen MR) is 261 cm³/mol. The van der Waals surface area contributed by atoms with Crippen molar-refractivity contribution in [1.29, 1.82) is 0 Å². The van der Waals surface area contributed by atoms with Crippen LogP contribution in [0.2, 0.25) is 0 Å². The Kier molecular flexibility index (Phi) is 9.52. The van der Waals surface area contributed by atoms with Gasteiger partial charge in [-0.1, -0.05) is 144 Å². The molecule has 0 bridgehead atoms. The van der Waals surface area contributed by atoms with E-state index in [0.717, 1.165) is 33.7 Å². The Hall–Kier alpha value is -5.28. The lowest BCUT2D eigenvalue weighted by molar-refractivity contribution is 0.332. The van der Waals surface area contributed by atoms with E-state index >= 15 is 0 Å². The number of fused-ring (bicyclic) bond motifs is 5. The number of anilines is 6. The Labute approximate surface area is 366 Å². The molecule has 3 aliphatic rings. The Morgan fingerprint density at radius 3 is 1.85 bits per heavy atom. The van der Waals surface area contributed by atoms with E-state index in [4.69, 9.17) is 4.42 Å². The average molecular weight is 807 g/mol. The summed E-state index contributed by atoms with van der Waals surface area (Å²) < 4.78 is 6.36. The second-order valence-electron chi connectivity index (χ2n) is 22.4. The summed E-state index contributed by atoms with van der Waals surface area (Å²) in [6.07, 6.45) is 13.7. The van der Waals surface area contributed by atoms with Crippen LogP contribution in [0.5, 0.6) is 0 Å². The molecule has 0 saturated carbocycles. The van der Waals surface area contributed by atoms with Gasteiger partial charge in [-0.15, -0.1) is 0 Å². The monoisotopic (exact) mass is 807 g/mol. The van der Waals surface area contributed by atoms with Crippen LogP contribution in [0.25, 0.3) is 11.0 Å². The topological polar surface area (TPSA) is 19.6 Å². The van der Waals surface area contributed by atoms with Gasteiger partial charge in [0.2, 0.25) is 0 Å². The molecular formula is C58H66N2O. The minimum absolute atomic E-state index is 0.0501. The molecule has 0 N–H and O–H groups in total.